The van der Waals surface area contributed by atoms with Gasteiger partial charge in [0.2, 0.25) is 30.1 Å². The van der Waals surface area contributed by atoms with Gasteiger partial charge in [0.1, 0.15) is 19.8 Å². The monoisotopic (exact) mass is 1430 g/mol. The molecule has 6 heterocycles. The molecule has 90 heavy (non-hydrogen) atoms. The SMILES string of the molecule is Cc1ccc2c(c1)COC(=O)N2C1CCN(S(=O)(=O)c2cc(Cl)c(O)c(Cl)c2)CC1.Cc1cccc2c1N(C1CCN(S(=O)(=O)c3cc(Cl)c(O)c(Cl)c3)CC1)C(=O)OC2.O=C1OCc2cc(Cl)ccc2N1C1CCN(S(=O)(=O)c2cc(Cl)c(O)c(Cl)c2)CC1. The van der Waals surface area contributed by atoms with Gasteiger partial charge in [-0.25, -0.2) is 39.6 Å². The van der Waals surface area contributed by atoms with Crippen LogP contribution in [0.3, 0.4) is 0 Å². The van der Waals surface area contributed by atoms with Crippen LogP contribution in [0.2, 0.25) is 35.2 Å². The van der Waals surface area contributed by atoms with Gasteiger partial charge in [-0.15, -0.1) is 0 Å². The smallest absolute Gasteiger partial charge is 0.414 e. The van der Waals surface area contributed by atoms with E-state index in [1.165, 1.54) is 49.3 Å². The van der Waals surface area contributed by atoms with Gasteiger partial charge in [-0.2, -0.15) is 12.9 Å². The van der Waals surface area contributed by atoms with Gasteiger partial charge >= 0.3 is 18.3 Å². The van der Waals surface area contributed by atoms with Gasteiger partial charge in [0.15, 0.2) is 17.2 Å². The molecule has 31 heteroatoms. The normalized spacial score (nSPS) is 18.2. The number of phenols is 3. The summed E-state index contributed by atoms with van der Waals surface area (Å²) < 4.78 is 98.0. The molecular formula is C59H57Cl7N6O15S3. The molecular weight excluding hydrogens is 1380 g/mol. The van der Waals surface area contributed by atoms with E-state index in [0.29, 0.717) is 43.5 Å². The first-order valence-corrected chi connectivity index (χ1v) is 34.9. The van der Waals surface area contributed by atoms with E-state index in [9.17, 15) is 55.0 Å². The van der Waals surface area contributed by atoms with E-state index in [4.69, 9.17) is 95.4 Å². The minimum absolute atomic E-state index is 0.0766. The van der Waals surface area contributed by atoms with Crippen LogP contribution in [0.5, 0.6) is 17.2 Å². The summed E-state index contributed by atoms with van der Waals surface area (Å²) in [4.78, 5) is 42.1. The second kappa shape index (κ2) is 27.1. The third kappa shape index (κ3) is 13.7. The first-order chi connectivity index (χ1) is 42.6. The third-order valence-corrected chi connectivity index (χ3v) is 23.8. The van der Waals surface area contributed by atoms with Crippen LogP contribution in [0.4, 0.5) is 31.4 Å². The lowest BCUT2D eigenvalue weighted by atomic mass is 10.00. The van der Waals surface area contributed by atoms with Crippen LogP contribution < -0.4 is 14.7 Å². The number of cyclic esters (lactones) is 3. The van der Waals surface area contributed by atoms with Crippen LogP contribution in [0.15, 0.2) is 106 Å². The molecule has 3 saturated heterocycles. The maximum absolute atomic E-state index is 13.0. The topological polar surface area (TPSA) is 261 Å². The standard InChI is InChI=1S/2C20H20Cl2N2O5S.C19H17Cl3N2O5S/c1-12-2-3-18-13(8-12)11-29-20(26)24(18)14-4-6-23(7-5-14)30(27,28)15-9-16(21)19(25)17(22)10-15;1-12-3-2-4-13-11-29-20(26)24(18(12)13)14-5-7-23(8-6-14)30(27,28)15-9-16(21)19(25)17(22)10-15;20-12-1-2-17-11(7-12)10-29-19(26)24(17)13-3-5-23(6-4-13)30(27,28)14-8-15(21)18(25)16(22)9-14/h2-3,8-10,14,25H,4-7,11H2,1H3;2-4,9-10,14,25H,5-8,11H2,1H3;1-2,7-9,13,25H,3-6,10H2. The largest absolute Gasteiger partial charge is 0.505 e. The van der Waals surface area contributed by atoms with E-state index in [1.54, 1.807) is 32.9 Å². The lowest BCUT2D eigenvalue weighted by Gasteiger charge is -2.40. The number of ether oxygens (including phenoxy) is 3. The van der Waals surface area contributed by atoms with Gasteiger partial charge in [-0.3, -0.25) is 14.7 Å². The van der Waals surface area contributed by atoms with Gasteiger partial charge < -0.3 is 29.5 Å². The number of para-hydroxylation sites is 1. The summed E-state index contributed by atoms with van der Waals surface area (Å²) in [5, 5.41) is 28.8. The van der Waals surface area contributed by atoms with E-state index in [1.807, 2.05) is 50.2 Å². The van der Waals surface area contributed by atoms with E-state index in [-0.39, 0.29) is 139 Å². The number of nitrogens with zero attached hydrogens (tertiary/aromatic N) is 6. The van der Waals surface area contributed by atoms with Crippen LogP contribution in [0.1, 0.15) is 66.3 Å². The number of hydrogen-bond acceptors (Lipinski definition) is 15. The van der Waals surface area contributed by atoms with Gasteiger partial charge in [0.25, 0.3) is 0 Å². The van der Waals surface area contributed by atoms with Crippen LogP contribution in [-0.2, 0) is 64.1 Å². The number of fused-ring (bicyclic) bond motifs is 3. The highest BCUT2D eigenvalue weighted by atomic mass is 35.5. The summed E-state index contributed by atoms with van der Waals surface area (Å²) in [7, 11) is -11.5. The number of aromatic hydroxyl groups is 3. The van der Waals surface area contributed by atoms with Crippen LogP contribution in [-0.4, -0.2) is 129 Å². The number of piperidine rings is 3. The summed E-state index contributed by atoms with van der Waals surface area (Å²) in [6, 6.07) is 23.4. The second-order valence-electron chi connectivity index (χ2n) is 21.9. The molecule has 0 bridgehead atoms. The minimum Gasteiger partial charge on any atom is -0.505 e. The molecule has 0 saturated carbocycles. The van der Waals surface area contributed by atoms with E-state index in [0.717, 1.165) is 44.9 Å². The van der Waals surface area contributed by atoms with Crippen molar-refractivity contribution in [3.05, 3.63) is 154 Å². The molecule has 6 aromatic rings. The molecule has 0 radical (unpaired) electrons. The van der Waals surface area contributed by atoms with Gasteiger partial charge in [-0.05, 0) is 119 Å². The van der Waals surface area contributed by atoms with Crippen molar-refractivity contribution in [3.63, 3.8) is 0 Å². The number of carbonyl (C=O) groups excluding carboxylic acids is 3. The fourth-order valence-corrected chi connectivity index (χ4v) is 18.2. The molecule has 6 aliphatic rings. The average Bonchev–Trinajstić information content (AvgIpc) is 0.876. The Labute approximate surface area is 554 Å². The number of halogens is 7. The van der Waals surface area contributed by atoms with Crippen molar-refractivity contribution in [2.24, 2.45) is 0 Å². The number of sulfonamides is 3. The number of anilines is 3. The zero-order valence-electron chi connectivity index (χ0n) is 47.8. The summed E-state index contributed by atoms with van der Waals surface area (Å²) in [5.74, 6) is -1.07. The zero-order chi connectivity index (χ0) is 64.9. The Morgan fingerprint density at radius 3 is 1.11 bits per heavy atom. The molecule has 12 rings (SSSR count). The Bertz CT molecular complexity index is 3940. The third-order valence-electron chi connectivity index (χ3n) is 16.3. The van der Waals surface area contributed by atoms with Crippen LogP contribution in [0, 0.1) is 13.8 Å². The Balaban J connectivity index is 0.000000148. The predicted molar refractivity (Wildman–Crippen MR) is 342 cm³/mol. The number of benzene rings is 6. The second-order valence-corrected chi connectivity index (χ2v) is 30.6. The van der Waals surface area contributed by atoms with Crippen molar-refractivity contribution in [2.45, 2.75) is 105 Å². The fourth-order valence-electron chi connectivity index (χ4n) is 11.6. The molecule has 0 aliphatic carbocycles. The molecule has 21 nitrogen and oxygen atoms in total. The van der Waals surface area contributed by atoms with Crippen molar-refractivity contribution >= 4 is 147 Å². The van der Waals surface area contributed by atoms with Crippen molar-refractivity contribution in [1.29, 1.82) is 0 Å². The van der Waals surface area contributed by atoms with E-state index >= 15 is 0 Å². The van der Waals surface area contributed by atoms with Crippen molar-refractivity contribution < 1.29 is 69.2 Å². The van der Waals surface area contributed by atoms with Gasteiger partial charge in [-0.1, -0.05) is 117 Å². The molecule has 3 amide bonds. The minimum atomic E-state index is -3.86. The van der Waals surface area contributed by atoms with Crippen molar-refractivity contribution in [3.8, 4) is 17.2 Å². The number of rotatable bonds is 9. The Morgan fingerprint density at radius 2 is 0.733 bits per heavy atom. The van der Waals surface area contributed by atoms with E-state index < -0.39 is 48.3 Å². The maximum Gasteiger partial charge on any atom is 0.414 e. The lowest BCUT2D eigenvalue weighted by molar-refractivity contribution is 0.135. The Morgan fingerprint density at radius 1 is 0.411 bits per heavy atom. The van der Waals surface area contributed by atoms with Gasteiger partial charge in [0.05, 0.1) is 61.9 Å². The van der Waals surface area contributed by atoms with Crippen molar-refractivity contribution in [1.82, 2.24) is 12.9 Å². The highest BCUT2D eigenvalue weighted by Gasteiger charge is 2.41. The van der Waals surface area contributed by atoms with Crippen LogP contribution in [0.25, 0.3) is 0 Å². The number of phenolic OH excluding ortho intramolecular Hbond substituents is 3. The number of carbonyl (C=O) groups is 3. The number of aryl methyl sites for hydroxylation is 2. The average molecular weight is 1430 g/mol. The number of hydrogen-bond donors (Lipinski definition) is 3. The Kier molecular flexibility index (Phi) is 20.2. The maximum atomic E-state index is 13.0. The highest BCUT2D eigenvalue weighted by Crippen LogP contribution is 2.42. The first-order valence-electron chi connectivity index (χ1n) is 28.0. The quantitative estimate of drug-likeness (QED) is 0.114. The molecule has 480 valence electrons. The van der Waals surface area contributed by atoms with Crippen LogP contribution >= 0.6 is 81.2 Å². The summed E-state index contributed by atoms with van der Waals surface area (Å²) in [6.07, 6.45) is 1.42. The fraction of sp³-hybridized carbons (Fsp3) is 0.339. The van der Waals surface area contributed by atoms with E-state index in [2.05, 4.69) is 0 Å². The first kappa shape index (κ1) is 67.2. The molecule has 6 aromatic carbocycles. The van der Waals surface area contributed by atoms with Crippen molar-refractivity contribution in [2.75, 3.05) is 54.0 Å². The molecule has 0 atom stereocenters. The molecule has 0 spiro atoms. The lowest BCUT2D eigenvalue weighted by Crippen LogP contribution is -2.50. The Hall–Kier alpha value is -5.71. The summed E-state index contributed by atoms with van der Waals surface area (Å²) in [5.41, 5.74) is 7.16. The zero-order valence-corrected chi connectivity index (χ0v) is 55.5. The molecule has 3 fully saturated rings. The summed E-state index contributed by atoms with van der Waals surface area (Å²) >= 11 is 41.4. The molecule has 0 unspecified atom stereocenters. The number of amides is 3. The molecule has 0 aromatic heterocycles. The summed E-state index contributed by atoms with van der Waals surface area (Å²) in [6.45, 7) is 5.88. The molecule has 3 N–H and O–H groups in total. The van der Waals surface area contributed by atoms with Gasteiger partial charge in [0, 0.05) is 79.1 Å². The predicted octanol–water partition coefficient (Wildman–Crippen LogP) is 13.3. The highest BCUT2D eigenvalue weighted by molar-refractivity contribution is 7.89. The molecule has 6 aliphatic heterocycles.